The Morgan fingerprint density at radius 3 is 2.27 bits per heavy atom. The van der Waals surface area contributed by atoms with Gasteiger partial charge in [0.15, 0.2) is 0 Å². The summed E-state index contributed by atoms with van der Waals surface area (Å²) in [6.45, 7) is 5.16. The maximum absolute atomic E-state index is 12.6. The molecule has 0 unspecified atom stereocenters. The third kappa shape index (κ3) is 4.25. The van der Waals surface area contributed by atoms with Gasteiger partial charge >= 0.3 is 0 Å². The van der Waals surface area contributed by atoms with Crippen LogP contribution in [0.25, 0.3) is 0 Å². The summed E-state index contributed by atoms with van der Waals surface area (Å²) in [6, 6.07) is 13.1. The molecule has 1 heterocycles. The average Bonchev–Trinajstić information content (AvgIpc) is 2.61. The first kappa shape index (κ1) is 18.5. The molecule has 1 fully saturated rings. The summed E-state index contributed by atoms with van der Waals surface area (Å²) in [7, 11) is 0. The number of halogens is 1. The van der Waals surface area contributed by atoms with Gasteiger partial charge in [-0.1, -0.05) is 29.8 Å². The van der Waals surface area contributed by atoms with Crippen molar-refractivity contribution in [1.29, 1.82) is 0 Å². The molecule has 4 nitrogen and oxygen atoms in total. The third-order valence-corrected chi connectivity index (χ3v) is 5.08. The molecule has 0 saturated carbocycles. The number of hydrogen-bond donors (Lipinski definition) is 1. The number of benzene rings is 2. The molecule has 26 heavy (non-hydrogen) atoms. The van der Waals surface area contributed by atoms with Gasteiger partial charge in [0.1, 0.15) is 0 Å². The van der Waals surface area contributed by atoms with Crippen molar-refractivity contribution in [1.82, 2.24) is 4.90 Å². The number of carbonyl (C=O) groups is 2. The largest absolute Gasteiger partial charge is 0.339 e. The van der Waals surface area contributed by atoms with E-state index in [9.17, 15) is 9.59 Å². The molecule has 0 atom stereocenters. The Kier molecular flexibility index (Phi) is 5.62. The Hall–Kier alpha value is -2.33. The van der Waals surface area contributed by atoms with Crippen LogP contribution in [0.3, 0.4) is 0 Å². The lowest BCUT2D eigenvalue weighted by Gasteiger charge is -2.31. The predicted molar refractivity (Wildman–Crippen MR) is 105 cm³/mol. The molecule has 1 aliphatic rings. The van der Waals surface area contributed by atoms with E-state index >= 15 is 0 Å². The molecule has 3 rings (SSSR count). The Balaban J connectivity index is 1.58. The van der Waals surface area contributed by atoms with Gasteiger partial charge in [0.05, 0.1) is 10.6 Å². The molecule has 0 spiro atoms. The van der Waals surface area contributed by atoms with E-state index in [0.29, 0.717) is 36.5 Å². The van der Waals surface area contributed by atoms with E-state index in [1.54, 1.807) is 17.0 Å². The lowest BCUT2D eigenvalue weighted by Crippen LogP contribution is -2.41. The number of piperidine rings is 1. The minimum atomic E-state index is -0.0777. The smallest absolute Gasteiger partial charge is 0.255 e. The van der Waals surface area contributed by atoms with Gasteiger partial charge in [0, 0.05) is 24.7 Å². The maximum Gasteiger partial charge on any atom is 0.255 e. The first-order valence-corrected chi connectivity index (χ1v) is 9.25. The van der Waals surface area contributed by atoms with Crippen molar-refractivity contribution >= 4 is 29.1 Å². The third-order valence-electron chi connectivity index (χ3n) is 4.75. The minimum absolute atomic E-state index is 0.0276. The van der Waals surface area contributed by atoms with Gasteiger partial charge in [0.2, 0.25) is 5.91 Å². The van der Waals surface area contributed by atoms with Gasteiger partial charge in [-0.3, -0.25) is 9.59 Å². The number of hydrogen-bond acceptors (Lipinski definition) is 2. The van der Waals surface area contributed by atoms with E-state index < -0.39 is 0 Å². The summed E-state index contributed by atoms with van der Waals surface area (Å²) in [6.07, 6.45) is 1.32. The lowest BCUT2D eigenvalue weighted by atomic mass is 9.95. The summed E-state index contributed by atoms with van der Waals surface area (Å²) in [5, 5.41) is 3.48. The van der Waals surface area contributed by atoms with E-state index in [-0.39, 0.29) is 17.7 Å². The fourth-order valence-corrected chi connectivity index (χ4v) is 3.66. The second-order valence-corrected chi connectivity index (χ2v) is 7.32. The Morgan fingerprint density at radius 1 is 1.04 bits per heavy atom. The molecule has 1 aliphatic heterocycles. The first-order valence-electron chi connectivity index (χ1n) is 8.87. The summed E-state index contributed by atoms with van der Waals surface area (Å²) in [4.78, 5) is 26.9. The molecule has 0 bridgehead atoms. The van der Waals surface area contributed by atoms with Crippen molar-refractivity contribution in [3.05, 3.63) is 64.2 Å². The van der Waals surface area contributed by atoms with E-state index in [1.807, 2.05) is 38.1 Å². The zero-order valence-electron chi connectivity index (χ0n) is 15.1. The molecular formula is C21H23ClN2O2. The molecule has 2 amide bonds. The molecule has 1 N–H and O–H groups in total. The molecule has 2 aromatic carbocycles. The zero-order valence-corrected chi connectivity index (χ0v) is 15.8. The maximum atomic E-state index is 12.6. The van der Waals surface area contributed by atoms with Gasteiger partial charge < -0.3 is 10.2 Å². The molecule has 5 heteroatoms. The normalized spacial score (nSPS) is 15.0. The zero-order chi connectivity index (χ0) is 18.7. The molecular weight excluding hydrogens is 348 g/mol. The summed E-state index contributed by atoms with van der Waals surface area (Å²) >= 11 is 6.12. The highest BCUT2D eigenvalue weighted by Gasteiger charge is 2.28. The summed E-state index contributed by atoms with van der Waals surface area (Å²) in [5.41, 5.74) is 3.61. The van der Waals surface area contributed by atoms with Crippen LogP contribution >= 0.6 is 11.6 Å². The molecule has 0 aromatic heterocycles. The van der Waals surface area contributed by atoms with E-state index in [2.05, 4.69) is 11.4 Å². The van der Waals surface area contributed by atoms with E-state index in [1.165, 1.54) is 0 Å². The minimum Gasteiger partial charge on any atom is -0.339 e. The Bertz CT molecular complexity index is 806. The van der Waals surface area contributed by atoms with Crippen LogP contribution in [0, 0.1) is 19.8 Å². The summed E-state index contributed by atoms with van der Waals surface area (Å²) in [5.74, 6) is -0.116. The van der Waals surface area contributed by atoms with Crippen LogP contribution in [-0.2, 0) is 4.79 Å². The van der Waals surface area contributed by atoms with Crippen molar-refractivity contribution in [3.8, 4) is 0 Å². The highest BCUT2D eigenvalue weighted by atomic mass is 35.5. The number of nitrogens with zero attached hydrogens (tertiary/aromatic N) is 1. The highest BCUT2D eigenvalue weighted by Crippen LogP contribution is 2.24. The molecule has 0 aliphatic carbocycles. The lowest BCUT2D eigenvalue weighted by molar-refractivity contribution is -0.121. The number of aryl methyl sites for hydroxylation is 2. The van der Waals surface area contributed by atoms with Crippen LogP contribution in [0.2, 0.25) is 5.02 Å². The van der Waals surface area contributed by atoms with Crippen LogP contribution in [0.4, 0.5) is 5.69 Å². The number of nitrogens with one attached hydrogen (secondary N) is 1. The van der Waals surface area contributed by atoms with Crippen molar-refractivity contribution < 1.29 is 9.59 Å². The van der Waals surface area contributed by atoms with Crippen LogP contribution in [-0.4, -0.2) is 29.8 Å². The van der Waals surface area contributed by atoms with Crippen LogP contribution in [0.5, 0.6) is 0 Å². The van der Waals surface area contributed by atoms with Crippen LogP contribution in [0.1, 0.15) is 34.3 Å². The van der Waals surface area contributed by atoms with Gasteiger partial charge in [-0.2, -0.15) is 0 Å². The highest BCUT2D eigenvalue weighted by molar-refractivity contribution is 6.33. The van der Waals surface area contributed by atoms with Crippen molar-refractivity contribution in [2.75, 3.05) is 18.4 Å². The van der Waals surface area contributed by atoms with E-state index in [4.69, 9.17) is 11.6 Å². The molecule has 0 radical (unpaired) electrons. The van der Waals surface area contributed by atoms with Crippen molar-refractivity contribution in [2.45, 2.75) is 26.7 Å². The molecule has 1 saturated heterocycles. The predicted octanol–water partition coefficient (Wildman–Crippen LogP) is 4.45. The fraction of sp³-hybridized carbons (Fsp3) is 0.333. The fourth-order valence-electron chi connectivity index (χ4n) is 3.44. The topological polar surface area (TPSA) is 49.4 Å². The molecule has 136 valence electrons. The van der Waals surface area contributed by atoms with Crippen molar-refractivity contribution in [3.63, 3.8) is 0 Å². The number of amides is 2. The first-order chi connectivity index (χ1) is 12.4. The van der Waals surface area contributed by atoms with Gasteiger partial charge in [-0.15, -0.1) is 0 Å². The monoisotopic (exact) mass is 370 g/mol. The Labute approximate surface area is 159 Å². The SMILES string of the molecule is Cc1cc(C)cc(NC(=O)C2CCN(C(=O)c3ccccc3Cl)CC2)c1. The standard InChI is InChI=1S/C21H23ClN2O2/c1-14-11-15(2)13-17(12-14)23-20(25)16-7-9-24(10-8-16)21(26)18-5-3-4-6-19(18)22/h3-6,11-13,16H,7-10H2,1-2H3,(H,23,25). The van der Waals surface area contributed by atoms with Gasteiger partial charge in [-0.25, -0.2) is 0 Å². The second-order valence-electron chi connectivity index (χ2n) is 6.91. The van der Waals surface area contributed by atoms with Crippen molar-refractivity contribution in [2.24, 2.45) is 5.92 Å². The molecule has 2 aromatic rings. The van der Waals surface area contributed by atoms with Gasteiger partial charge in [0.25, 0.3) is 5.91 Å². The quantitative estimate of drug-likeness (QED) is 0.867. The number of anilines is 1. The number of rotatable bonds is 3. The van der Waals surface area contributed by atoms with Gasteiger partial charge in [-0.05, 0) is 62.1 Å². The number of likely N-dealkylation sites (tertiary alicyclic amines) is 1. The second kappa shape index (κ2) is 7.92. The van der Waals surface area contributed by atoms with Crippen LogP contribution in [0.15, 0.2) is 42.5 Å². The van der Waals surface area contributed by atoms with Crippen LogP contribution < -0.4 is 5.32 Å². The Morgan fingerprint density at radius 2 is 1.65 bits per heavy atom. The number of carbonyl (C=O) groups excluding carboxylic acids is 2. The summed E-state index contributed by atoms with van der Waals surface area (Å²) < 4.78 is 0. The average molecular weight is 371 g/mol. The van der Waals surface area contributed by atoms with E-state index in [0.717, 1.165) is 16.8 Å².